The first-order valence-electron chi connectivity index (χ1n) is 12.6. The molecule has 0 N–H and O–H groups in total. The average molecular weight is 497 g/mol. The zero-order valence-electron chi connectivity index (χ0n) is 23.1. The van der Waals surface area contributed by atoms with Gasteiger partial charge in [-0.15, -0.1) is 0 Å². The van der Waals surface area contributed by atoms with Crippen LogP contribution in [0.25, 0.3) is 6.08 Å². The van der Waals surface area contributed by atoms with E-state index in [0.717, 1.165) is 17.7 Å². The van der Waals surface area contributed by atoms with Crippen LogP contribution in [0.15, 0.2) is 54.6 Å². The van der Waals surface area contributed by atoms with Crippen molar-refractivity contribution in [3.8, 4) is 5.75 Å². The third kappa shape index (κ3) is 8.97. The Hall–Kier alpha value is -2.37. The molecule has 0 radical (unpaired) electrons. The van der Waals surface area contributed by atoms with Gasteiger partial charge in [0.2, 0.25) is 6.29 Å². The van der Waals surface area contributed by atoms with Gasteiger partial charge in [-0.3, -0.25) is 0 Å². The molecule has 4 nitrogen and oxygen atoms in total. The molecule has 0 amide bonds. The number of carbonyl (C=O) groups is 1. The lowest BCUT2D eigenvalue weighted by molar-refractivity contribution is -0.173. The minimum Gasteiger partial charge on any atom is -0.543 e. The first kappa shape index (κ1) is 28.9. The number of aryl methyl sites for hydroxylation is 1. The summed E-state index contributed by atoms with van der Waals surface area (Å²) in [7, 11) is -2.00. The molecule has 35 heavy (non-hydrogen) atoms. The molecule has 5 heteroatoms. The van der Waals surface area contributed by atoms with Crippen LogP contribution in [0.5, 0.6) is 5.75 Å². The van der Waals surface area contributed by atoms with Crippen molar-refractivity contribution >= 4 is 20.4 Å². The van der Waals surface area contributed by atoms with Crippen molar-refractivity contribution in [1.29, 1.82) is 0 Å². The van der Waals surface area contributed by atoms with Gasteiger partial charge in [-0.05, 0) is 60.2 Å². The van der Waals surface area contributed by atoms with Crippen LogP contribution in [0, 0.1) is 0 Å². The van der Waals surface area contributed by atoms with Crippen molar-refractivity contribution in [1.82, 2.24) is 0 Å². The van der Waals surface area contributed by atoms with Crippen molar-refractivity contribution in [3.63, 3.8) is 0 Å². The van der Waals surface area contributed by atoms with Gasteiger partial charge < -0.3 is 13.9 Å². The van der Waals surface area contributed by atoms with Gasteiger partial charge in [0.05, 0.1) is 0 Å². The molecule has 2 aromatic rings. The normalized spacial score (nSPS) is 13.6. The van der Waals surface area contributed by atoms with Crippen LogP contribution < -0.4 is 4.43 Å². The van der Waals surface area contributed by atoms with Gasteiger partial charge in [0.1, 0.15) is 5.75 Å². The van der Waals surface area contributed by atoms with Crippen molar-refractivity contribution in [3.05, 3.63) is 71.3 Å². The fourth-order valence-corrected chi connectivity index (χ4v) is 4.33. The van der Waals surface area contributed by atoms with E-state index in [1.54, 1.807) is 6.08 Å². The quantitative estimate of drug-likeness (QED) is 0.145. The summed E-state index contributed by atoms with van der Waals surface area (Å²) in [4.78, 5) is 12.6. The summed E-state index contributed by atoms with van der Waals surface area (Å²) in [6.07, 6.45) is 4.01. The largest absolute Gasteiger partial charge is 0.543 e. The monoisotopic (exact) mass is 496 g/mol. The molecule has 0 aliphatic rings. The summed E-state index contributed by atoms with van der Waals surface area (Å²) in [5.41, 5.74) is 3.49. The Balaban J connectivity index is 2.02. The summed E-state index contributed by atoms with van der Waals surface area (Å²) >= 11 is 0. The highest BCUT2D eigenvalue weighted by molar-refractivity contribution is 6.74. The van der Waals surface area contributed by atoms with Crippen molar-refractivity contribution in [2.24, 2.45) is 0 Å². The fraction of sp³-hybridized carbons (Fsp3) is 0.500. The number of hydrogen-bond acceptors (Lipinski definition) is 4. The van der Waals surface area contributed by atoms with Crippen molar-refractivity contribution < 1.29 is 18.7 Å². The van der Waals surface area contributed by atoms with Crippen LogP contribution in [-0.4, -0.2) is 27.2 Å². The lowest BCUT2D eigenvalue weighted by atomic mass is 9.86. The zero-order chi connectivity index (χ0) is 26.3. The van der Waals surface area contributed by atoms with Gasteiger partial charge in [-0.1, -0.05) is 84.0 Å². The third-order valence-electron chi connectivity index (χ3n) is 6.58. The number of hydrogen-bond donors (Lipinski definition) is 0. The summed E-state index contributed by atoms with van der Waals surface area (Å²) in [6.45, 7) is 20.1. The number of carbonyl (C=O) groups excluding carboxylic acids is 1. The second-order valence-corrected chi connectivity index (χ2v) is 16.3. The van der Waals surface area contributed by atoms with Gasteiger partial charge >= 0.3 is 5.97 Å². The highest BCUT2D eigenvalue weighted by atomic mass is 28.4. The molecule has 1 unspecified atom stereocenters. The summed E-state index contributed by atoms with van der Waals surface area (Å²) in [6, 6.07) is 16.4. The predicted octanol–water partition coefficient (Wildman–Crippen LogP) is 7.92. The molecule has 0 heterocycles. The minimum atomic E-state index is -2.00. The van der Waals surface area contributed by atoms with Crippen LogP contribution in [0.1, 0.15) is 71.6 Å². The number of rotatable bonds is 10. The summed E-state index contributed by atoms with van der Waals surface area (Å²) < 4.78 is 17.8. The molecule has 0 aliphatic carbocycles. The third-order valence-corrected chi connectivity index (χ3v) is 10.9. The van der Waals surface area contributed by atoms with E-state index in [-0.39, 0.29) is 10.5 Å². The standard InChI is InChI=1S/C30H44O4Si/c1-10-32-28(22-17-23-15-19-25(20-16-23)29(2,3)4)33-27(31)21-18-24-13-11-12-14-26(24)34-35(8,9)30(5,6)7/h11-16,18-21,28H,10,17,22H2,1-9H3/b21-18+. The van der Waals surface area contributed by atoms with E-state index < -0.39 is 20.6 Å². The Morgan fingerprint density at radius 3 is 2.17 bits per heavy atom. The van der Waals surface area contributed by atoms with E-state index >= 15 is 0 Å². The van der Waals surface area contributed by atoms with Gasteiger partial charge in [-0.2, -0.15) is 0 Å². The molecule has 0 aliphatic heterocycles. The van der Waals surface area contributed by atoms with Crippen LogP contribution >= 0.6 is 0 Å². The molecule has 1 atom stereocenters. The Labute approximate surface area is 213 Å². The number of benzene rings is 2. The van der Waals surface area contributed by atoms with Gasteiger partial charge in [-0.25, -0.2) is 4.79 Å². The second kappa shape index (κ2) is 12.0. The van der Waals surface area contributed by atoms with E-state index in [1.807, 2.05) is 31.2 Å². The molecule has 0 bridgehead atoms. The fourth-order valence-electron chi connectivity index (χ4n) is 3.28. The maximum Gasteiger partial charge on any atom is 0.333 e. The predicted molar refractivity (Wildman–Crippen MR) is 148 cm³/mol. The Morgan fingerprint density at radius 1 is 0.971 bits per heavy atom. The maximum absolute atomic E-state index is 12.6. The topological polar surface area (TPSA) is 44.8 Å². The highest BCUT2D eigenvalue weighted by Gasteiger charge is 2.39. The van der Waals surface area contributed by atoms with E-state index in [1.165, 1.54) is 17.2 Å². The maximum atomic E-state index is 12.6. The smallest absolute Gasteiger partial charge is 0.333 e. The van der Waals surface area contributed by atoms with Crippen LogP contribution in [0.3, 0.4) is 0 Å². The molecule has 0 saturated carbocycles. The molecular weight excluding hydrogens is 452 g/mol. The molecule has 0 spiro atoms. The molecule has 2 aromatic carbocycles. The van der Waals surface area contributed by atoms with Crippen LogP contribution in [0.4, 0.5) is 0 Å². The highest BCUT2D eigenvalue weighted by Crippen LogP contribution is 2.38. The van der Waals surface area contributed by atoms with Crippen molar-refractivity contribution in [2.45, 2.75) is 91.1 Å². The van der Waals surface area contributed by atoms with Gasteiger partial charge in [0, 0.05) is 24.7 Å². The van der Waals surface area contributed by atoms with E-state index in [0.29, 0.717) is 13.0 Å². The molecule has 192 valence electrons. The van der Waals surface area contributed by atoms with Gasteiger partial charge in [0.25, 0.3) is 8.32 Å². The van der Waals surface area contributed by atoms with Crippen molar-refractivity contribution in [2.75, 3.05) is 6.61 Å². The van der Waals surface area contributed by atoms with E-state index in [9.17, 15) is 4.79 Å². The molecule has 0 saturated heterocycles. The summed E-state index contributed by atoms with van der Waals surface area (Å²) in [5.74, 6) is 0.372. The van der Waals surface area contributed by atoms with E-state index in [4.69, 9.17) is 13.9 Å². The minimum absolute atomic E-state index is 0.0839. The first-order valence-corrected chi connectivity index (χ1v) is 15.5. The first-order chi connectivity index (χ1) is 16.2. The second-order valence-electron chi connectivity index (χ2n) is 11.5. The molecule has 0 aromatic heterocycles. The Morgan fingerprint density at radius 2 is 1.60 bits per heavy atom. The molecule has 0 fully saturated rings. The Kier molecular flexibility index (Phi) is 9.93. The van der Waals surface area contributed by atoms with E-state index in [2.05, 4.69) is 78.9 Å². The lowest BCUT2D eigenvalue weighted by Gasteiger charge is -2.36. The lowest BCUT2D eigenvalue weighted by Crippen LogP contribution is -2.44. The van der Waals surface area contributed by atoms with Gasteiger partial charge in [0.15, 0.2) is 0 Å². The molecule has 2 rings (SSSR count). The van der Waals surface area contributed by atoms with Crippen LogP contribution in [0.2, 0.25) is 18.1 Å². The number of esters is 1. The number of ether oxygens (including phenoxy) is 2. The summed E-state index contributed by atoms with van der Waals surface area (Å²) in [5, 5.41) is 0.0839. The SMILES string of the molecule is CCOC(CCc1ccc(C(C)(C)C)cc1)OC(=O)/C=C/c1ccccc1O[Si](C)(C)C(C)(C)C. The Bertz CT molecular complexity index is 979. The zero-order valence-corrected chi connectivity index (χ0v) is 24.1. The molecular formula is C30H44O4Si. The number of para-hydroxylation sites is 1. The average Bonchev–Trinajstić information content (AvgIpc) is 2.76. The van der Waals surface area contributed by atoms with Crippen LogP contribution in [-0.2, 0) is 26.1 Å².